The highest BCUT2D eigenvalue weighted by Gasteiger charge is 2.21. The second-order valence-electron chi connectivity index (χ2n) is 7.49. The van der Waals surface area contributed by atoms with Gasteiger partial charge in [0.25, 0.3) is 0 Å². The summed E-state index contributed by atoms with van der Waals surface area (Å²) in [6.07, 6.45) is 0. The number of anilines is 1. The Morgan fingerprint density at radius 3 is 2.33 bits per heavy atom. The third-order valence-electron chi connectivity index (χ3n) is 5.60. The zero-order valence-corrected chi connectivity index (χ0v) is 16.3. The van der Waals surface area contributed by atoms with Crippen molar-refractivity contribution >= 4 is 55.3 Å². The van der Waals surface area contributed by atoms with Gasteiger partial charge in [0.1, 0.15) is 5.58 Å². The molecule has 1 N–H and O–H groups in total. The van der Waals surface area contributed by atoms with Gasteiger partial charge in [0.2, 0.25) is 5.91 Å². The van der Waals surface area contributed by atoms with Crippen LogP contribution < -0.4 is 5.32 Å². The van der Waals surface area contributed by atoms with Gasteiger partial charge in [0.05, 0.1) is 22.1 Å². The normalized spacial score (nSPS) is 11.6. The molecule has 144 valence electrons. The third kappa shape index (κ3) is 2.31. The summed E-state index contributed by atoms with van der Waals surface area (Å²) in [5, 5.41) is 7.23. The van der Waals surface area contributed by atoms with Crippen LogP contribution in [0.25, 0.3) is 49.4 Å². The van der Waals surface area contributed by atoms with Crippen LogP contribution in [0.3, 0.4) is 0 Å². The van der Waals surface area contributed by atoms with Crippen LogP contribution in [-0.4, -0.2) is 10.5 Å². The lowest BCUT2D eigenvalue weighted by molar-refractivity contribution is -0.114. The van der Waals surface area contributed by atoms with Crippen LogP contribution in [0.15, 0.2) is 89.3 Å². The van der Waals surface area contributed by atoms with Crippen LogP contribution in [-0.2, 0) is 4.79 Å². The number of fused-ring (bicyclic) bond motifs is 7. The van der Waals surface area contributed by atoms with Crippen LogP contribution in [0.5, 0.6) is 0 Å². The van der Waals surface area contributed by atoms with Crippen molar-refractivity contribution in [1.82, 2.24) is 4.57 Å². The second kappa shape index (κ2) is 6.22. The molecule has 30 heavy (non-hydrogen) atoms. The molecule has 4 heteroatoms. The molecule has 0 fully saturated rings. The van der Waals surface area contributed by atoms with E-state index in [0.29, 0.717) is 11.3 Å². The summed E-state index contributed by atoms with van der Waals surface area (Å²) in [5.74, 6) is -0.122. The van der Waals surface area contributed by atoms with Crippen molar-refractivity contribution < 1.29 is 9.21 Å². The topological polar surface area (TPSA) is 47.2 Å². The maximum absolute atomic E-state index is 11.9. The smallest absolute Gasteiger partial charge is 0.221 e. The lowest BCUT2D eigenvalue weighted by Crippen LogP contribution is -2.06. The average Bonchev–Trinajstić information content (AvgIpc) is 3.30. The van der Waals surface area contributed by atoms with E-state index in [1.54, 1.807) is 0 Å². The molecule has 0 saturated heterocycles. The maximum atomic E-state index is 11.9. The number of nitrogens with zero attached hydrogens (tertiary/aromatic N) is 1. The molecule has 4 aromatic carbocycles. The van der Waals surface area contributed by atoms with Gasteiger partial charge < -0.3 is 14.3 Å². The summed E-state index contributed by atoms with van der Waals surface area (Å²) < 4.78 is 8.54. The predicted molar refractivity (Wildman–Crippen MR) is 122 cm³/mol. The minimum absolute atomic E-state index is 0.122. The zero-order chi connectivity index (χ0) is 20.2. The molecular formula is C26H18N2O2. The van der Waals surface area contributed by atoms with Gasteiger partial charge in [-0.2, -0.15) is 0 Å². The highest BCUT2D eigenvalue weighted by molar-refractivity contribution is 6.27. The lowest BCUT2D eigenvalue weighted by Gasteiger charge is -2.10. The molecule has 6 rings (SSSR count). The Balaban J connectivity index is 1.92. The van der Waals surface area contributed by atoms with Crippen molar-refractivity contribution in [2.75, 3.05) is 5.32 Å². The Kier molecular flexibility index (Phi) is 3.50. The molecule has 6 aromatic rings. The molecule has 1 amide bonds. The van der Waals surface area contributed by atoms with Crippen LogP contribution in [0.1, 0.15) is 6.92 Å². The van der Waals surface area contributed by atoms with Crippen molar-refractivity contribution in [2.24, 2.45) is 0 Å². The van der Waals surface area contributed by atoms with Crippen molar-refractivity contribution in [3.63, 3.8) is 0 Å². The van der Waals surface area contributed by atoms with E-state index < -0.39 is 0 Å². The molecule has 4 nitrogen and oxygen atoms in total. The van der Waals surface area contributed by atoms with E-state index in [4.69, 9.17) is 4.42 Å². The molecule has 0 saturated carbocycles. The highest BCUT2D eigenvalue weighted by Crippen LogP contribution is 2.43. The maximum Gasteiger partial charge on any atom is 0.221 e. The van der Waals surface area contributed by atoms with Gasteiger partial charge in [-0.25, -0.2) is 0 Å². The Morgan fingerprint density at radius 1 is 0.833 bits per heavy atom. The molecule has 0 aliphatic rings. The van der Waals surface area contributed by atoms with Gasteiger partial charge >= 0.3 is 0 Å². The number of carbonyl (C=O) groups is 1. The Labute approximate surface area is 172 Å². The number of carbonyl (C=O) groups excluding carboxylic acids is 1. The fourth-order valence-corrected chi connectivity index (χ4v) is 4.47. The second-order valence-corrected chi connectivity index (χ2v) is 7.49. The van der Waals surface area contributed by atoms with Gasteiger partial charge in [-0.05, 0) is 30.3 Å². The summed E-state index contributed by atoms with van der Waals surface area (Å²) in [5.41, 5.74) is 5.47. The standard InChI is InChI=1S/C26H18N2O2/c1-16(29)27-21-15-20-18-11-5-7-13-22(18)28(17-9-3-2-4-10-17)25(20)24-19-12-6-8-14-23(19)30-26(21)24/h2-15H,1H3,(H,27,29). The first-order valence-corrected chi connectivity index (χ1v) is 9.93. The van der Waals surface area contributed by atoms with Crippen molar-refractivity contribution in [2.45, 2.75) is 6.92 Å². The Morgan fingerprint density at radius 2 is 1.53 bits per heavy atom. The number of hydrogen-bond donors (Lipinski definition) is 1. The lowest BCUT2D eigenvalue weighted by atomic mass is 10.1. The summed E-state index contributed by atoms with van der Waals surface area (Å²) in [4.78, 5) is 11.9. The van der Waals surface area contributed by atoms with Crippen molar-refractivity contribution in [1.29, 1.82) is 0 Å². The number of benzene rings is 4. The van der Waals surface area contributed by atoms with Crippen LogP contribution in [0.4, 0.5) is 5.69 Å². The number of amides is 1. The van der Waals surface area contributed by atoms with Gasteiger partial charge in [-0.1, -0.05) is 54.6 Å². The molecule has 0 unspecified atom stereocenters. The van der Waals surface area contributed by atoms with Crippen LogP contribution in [0, 0.1) is 0 Å². The molecule has 0 atom stereocenters. The summed E-state index contributed by atoms with van der Waals surface area (Å²) in [6, 6.07) is 28.8. The summed E-state index contributed by atoms with van der Waals surface area (Å²) >= 11 is 0. The third-order valence-corrected chi connectivity index (χ3v) is 5.60. The molecule has 2 heterocycles. The fourth-order valence-electron chi connectivity index (χ4n) is 4.47. The average molecular weight is 390 g/mol. The van der Waals surface area contributed by atoms with E-state index in [0.717, 1.165) is 43.8 Å². The molecule has 0 aliphatic heterocycles. The first-order valence-electron chi connectivity index (χ1n) is 9.93. The number of nitrogens with one attached hydrogen (secondary N) is 1. The molecule has 0 bridgehead atoms. The Hall–Kier alpha value is -4.05. The number of hydrogen-bond acceptors (Lipinski definition) is 2. The van der Waals surface area contributed by atoms with E-state index in [1.807, 2.05) is 48.5 Å². The van der Waals surface area contributed by atoms with Crippen LogP contribution in [0.2, 0.25) is 0 Å². The van der Waals surface area contributed by atoms with E-state index in [-0.39, 0.29) is 5.91 Å². The molecule has 2 aromatic heterocycles. The predicted octanol–water partition coefficient (Wildman–Crippen LogP) is 6.64. The monoisotopic (exact) mass is 390 g/mol. The molecular weight excluding hydrogens is 372 g/mol. The molecule has 0 radical (unpaired) electrons. The molecule has 0 spiro atoms. The highest BCUT2D eigenvalue weighted by atomic mass is 16.3. The number of aromatic nitrogens is 1. The minimum atomic E-state index is -0.122. The van der Waals surface area contributed by atoms with Gasteiger partial charge in [0, 0.05) is 28.8 Å². The summed E-state index contributed by atoms with van der Waals surface area (Å²) in [7, 11) is 0. The first-order chi connectivity index (χ1) is 14.7. The van der Waals surface area contributed by atoms with Crippen LogP contribution >= 0.6 is 0 Å². The zero-order valence-electron chi connectivity index (χ0n) is 16.3. The van der Waals surface area contributed by atoms with Gasteiger partial charge in [-0.15, -0.1) is 0 Å². The first kappa shape index (κ1) is 16.9. The van der Waals surface area contributed by atoms with Gasteiger partial charge in [0.15, 0.2) is 5.58 Å². The summed E-state index contributed by atoms with van der Waals surface area (Å²) in [6.45, 7) is 1.52. The molecule has 0 aliphatic carbocycles. The number of rotatable bonds is 2. The number of furan rings is 1. The fraction of sp³-hybridized carbons (Fsp3) is 0.0385. The quantitative estimate of drug-likeness (QED) is 0.360. The minimum Gasteiger partial charge on any atom is -0.454 e. The van der Waals surface area contributed by atoms with E-state index in [1.165, 1.54) is 6.92 Å². The van der Waals surface area contributed by atoms with E-state index >= 15 is 0 Å². The SMILES string of the molecule is CC(=O)Nc1cc2c3ccccc3n(-c3ccccc3)c2c2c1oc1ccccc12. The van der Waals surface area contributed by atoms with E-state index in [9.17, 15) is 4.79 Å². The van der Waals surface area contributed by atoms with Crippen molar-refractivity contribution in [3.05, 3.63) is 84.9 Å². The van der Waals surface area contributed by atoms with Gasteiger partial charge in [-0.3, -0.25) is 4.79 Å². The largest absolute Gasteiger partial charge is 0.454 e. The Bertz CT molecular complexity index is 1590. The van der Waals surface area contributed by atoms with Crippen molar-refractivity contribution in [3.8, 4) is 5.69 Å². The number of para-hydroxylation sites is 3. The van der Waals surface area contributed by atoms with E-state index in [2.05, 4.69) is 46.3 Å².